The number of alkyl halides is 1. The lowest BCUT2D eigenvalue weighted by atomic mass is 10.0. The predicted octanol–water partition coefficient (Wildman–Crippen LogP) is 2.65. The summed E-state index contributed by atoms with van der Waals surface area (Å²) in [5.41, 5.74) is 2.10. The van der Waals surface area contributed by atoms with Crippen molar-refractivity contribution in [2.24, 2.45) is 0 Å². The summed E-state index contributed by atoms with van der Waals surface area (Å²) < 4.78 is 17.4. The van der Waals surface area contributed by atoms with E-state index in [4.69, 9.17) is 5.26 Å². The van der Waals surface area contributed by atoms with Gasteiger partial charge in [0.05, 0.1) is 23.5 Å². The lowest BCUT2D eigenvalue weighted by Gasteiger charge is -2.11. The fourth-order valence-corrected chi connectivity index (χ4v) is 2.93. The molecule has 0 saturated heterocycles. The van der Waals surface area contributed by atoms with Crippen molar-refractivity contribution < 1.29 is 4.39 Å². The van der Waals surface area contributed by atoms with Gasteiger partial charge >= 0.3 is 0 Å². The molecule has 0 N–H and O–H groups in total. The van der Waals surface area contributed by atoms with E-state index in [1.54, 1.807) is 11.6 Å². The van der Waals surface area contributed by atoms with Crippen LogP contribution in [0.15, 0.2) is 36.5 Å². The molecule has 0 spiro atoms. The van der Waals surface area contributed by atoms with Crippen LogP contribution in [0, 0.1) is 18.3 Å². The number of fused-ring (bicyclic) bond motifs is 1. The van der Waals surface area contributed by atoms with Crippen LogP contribution in [0.2, 0.25) is 0 Å². The maximum absolute atomic E-state index is 14.3. The van der Waals surface area contributed by atoms with Gasteiger partial charge in [0, 0.05) is 6.42 Å². The molecule has 0 bridgehead atoms. The second-order valence-corrected chi connectivity index (χ2v) is 5.51. The molecule has 23 heavy (non-hydrogen) atoms. The molecule has 0 saturated carbocycles. The van der Waals surface area contributed by atoms with Crippen molar-refractivity contribution in [3.8, 4) is 12.0 Å². The lowest BCUT2D eigenvalue weighted by molar-refractivity contribution is 0.328. The lowest BCUT2D eigenvalue weighted by Crippen LogP contribution is -2.09. The van der Waals surface area contributed by atoms with Crippen LogP contribution in [-0.2, 0) is 0 Å². The van der Waals surface area contributed by atoms with Crippen LogP contribution in [0.1, 0.15) is 41.3 Å². The van der Waals surface area contributed by atoms with Gasteiger partial charge in [-0.2, -0.15) is 15.3 Å². The molecule has 7 heteroatoms. The van der Waals surface area contributed by atoms with E-state index in [9.17, 15) is 4.39 Å². The third-order valence-electron chi connectivity index (χ3n) is 4.16. The third kappa shape index (κ3) is 2.03. The van der Waals surface area contributed by atoms with E-state index in [1.165, 1.54) is 10.9 Å². The summed E-state index contributed by atoms with van der Waals surface area (Å²) in [5, 5.41) is 17.6. The van der Waals surface area contributed by atoms with Gasteiger partial charge in [-0.15, -0.1) is 5.10 Å². The van der Waals surface area contributed by atoms with E-state index < -0.39 is 6.17 Å². The van der Waals surface area contributed by atoms with Gasteiger partial charge in [0.15, 0.2) is 12.0 Å². The molecule has 1 aliphatic heterocycles. The topological polar surface area (TPSA) is 72.3 Å². The van der Waals surface area contributed by atoms with E-state index >= 15 is 0 Å². The highest BCUT2D eigenvalue weighted by atomic mass is 19.1. The van der Waals surface area contributed by atoms with Crippen molar-refractivity contribution >= 4 is 0 Å². The summed E-state index contributed by atoms with van der Waals surface area (Å²) in [7, 11) is 0. The zero-order valence-electron chi connectivity index (χ0n) is 12.4. The van der Waals surface area contributed by atoms with Gasteiger partial charge in [-0.3, -0.25) is 0 Å². The average molecular weight is 308 g/mol. The van der Waals surface area contributed by atoms with Crippen LogP contribution in [-0.4, -0.2) is 24.5 Å². The molecule has 114 valence electrons. The first kappa shape index (κ1) is 13.6. The molecule has 2 atom stereocenters. The van der Waals surface area contributed by atoms with Crippen LogP contribution < -0.4 is 0 Å². The number of aromatic nitrogens is 5. The minimum absolute atomic E-state index is 0.172. The molecule has 3 heterocycles. The Morgan fingerprint density at radius 2 is 2.09 bits per heavy atom. The summed E-state index contributed by atoms with van der Waals surface area (Å²) >= 11 is 0. The number of halogens is 1. The fourth-order valence-electron chi connectivity index (χ4n) is 2.93. The summed E-state index contributed by atoms with van der Waals surface area (Å²) in [5.74, 6) is 0.601. The molecule has 0 amide bonds. The quantitative estimate of drug-likeness (QED) is 0.729. The van der Waals surface area contributed by atoms with Gasteiger partial charge < -0.3 is 0 Å². The third-order valence-corrected chi connectivity index (χ3v) is 4.16. The molecule has 1 aromatic carbocycles. The van der Waals surface area contributed by atoms with Gasteiger partial charge in [-0.1, -0.05) is 30.3 Å². The largest absolute Gasteiger partial charge is 0.270 e. The Bertz CT molecular complexity index is 905. The maximum Gasteiger partial charge on any atom is 0.270 e. The van der Waals surface area contributed by atoms with Crippen molar-refractivity contribution in [3.05, 3.63) is 59.2 Å². The molecule has 6 nitrogen and oxygen atoms in total. The molecule has 0 radical (unpaired) electrons. The molecule has 0 fully saturated rings. The number of hydrogen-bond acceptors (Lipinski definition) is 4. The standard InChI is InChI=1S/C16H13FN6/c1-10-12(8-18)9-19-22(10)16-20-15-13(17)7-14(23(15)21-16)11-5-3-2-4-6-11/h2-6,9,13-14H,7H2,1H3. The minimum Gasteiger partial charge on any atom is -0.239 e. The van der Waals surface area contributed by atoms with Crippen LogP contribution in [0.3, 0.4) is 0 Å². The first-order valence-electron chi connectivity index (χ1n) is 7.29. The van der Waals surface area contributed by atoms with Gasteiger partial charge in [-0.25, -0.2) is 13.8 Å². The normalized spacial score (nSPS) is 19.5. The van der Waals surface area contributed by atoms with Crippen LogP contribution in [0.25, 0.3) is 5.95 Å². The maximum atomic E-state index is 14.3. The highest BCUT2D eigenvalue weighted by Gasteiger charge is 2.35. The second-order valence-electron chi connectivity index (χ2n) is 5.51. The summed E-state index contributed by atoms with van der Waals surface area (Å²) in [6, 6.07) is 11.6. The van der Waals surface area contributed by atoms with Crippen molar-refractivity contribution in [1.29, 1.82) is 5.26 Å². The molecule has 0 aliphatic carbocycles. The second kappa shape index (κ2) is 5.02. The zero-order valence-corrected chi connectivity index (χ0v) is 12.4. The Morgan fingerprint density at radius 1 is 1.30 bits per heavy atom. The Morgan fingerprint density at radius 3 is 2.78 bits per heavy atom. The number of benzene rings is 1. The van der Waals surface area contributed by atoms with Gasteiger partial charge in [0.2, 0.25) is 0 Å². The molecule has 3 aromatic rings. The predicted molar refractivity (Wildman–Crippen MR) is 79.6 cm³/mol. The Hall–Kier alpha value is -3.01. The molecule has 2 unspecified atom stereocenters. The number of nitrogens with zero attached hydrogens (tertiary/aromatic N) is 6. The van der Waals surface area contributed by atoms with Crippen LogP contribution in [0.4, 0.5) is 4.39 Å². The Kier molecular flexibility index (Phi) is 2.98. The summed E-state index contributed by atoms with van der Waals surface area (Å²) in [4.78, 5) is 4.29. The molecule has 2 aromatic heterocycles. The summed E-state index contributed by atoms with van der Waals surface area (Å²) in [6.07, 6.45) is 0.636. The highest BCUT2D eigenvalue weighted by Crippen LogP contribution is 2.39. The molecular weight excluding hydrogens is 295 g/mol. The van der Waals surface area contributed by atoms with E-state index in [1.807, 2.05) is 30.3 Å². The van der Waals surface area contributed by atoms with Crippen molar-refractivity contribution in [2.45, 2.75) is 25.6 Å². The summed E-state index contributed by atoms with van der Waals surface area (Å²) in [6.45, 7) is 1.76. The van der Waals surface area contributed by atoms with E-state index in [0.29, 0.717) is 29.5 Å². The van der Waals surface area contributed by atoms with Gasteiger partial charge in [-0.05, 0) is 12.5 Å². The van der Waals surface area contributed by atoms with Gasteiger partial charge in [0.1, 0.15) is 6.07 Å². The van der Waals surface area contributed by atoms with E-state index in [2.05, 4.69) is 21.3 Å². The first-order valence-corrected chi connectivity index (χ1v) is 7.29. The molecular formula is C16H13FN6. The van der Waals surface area contributed by atoms with E-state index in [-0.39, 0.29) is 6.04 Å². The van der Waals surface area contributed by atoms with Crippen molar-refractivity contribution in [1.82, 2.24) is 24.5 Å². The van der Waals surface area contributed by atoms with Crippen molar-refractivity contribution in [2.75, 3.05) is 0 Å². The van der Waals surface area contributed by atoms with Gasteiger partial charge in [0.25, 0.3) is 5.95 Å². The van der Waals surface area contributed by atoms with Crippen LogP contribution in [0.5, 0.6) is 0 Å². The Balaban J connectivity index is 1.79. The molecule has 4 rings (SSSR count). The Labute approximate surface area is 131 Å². The highest BCUT2D eigenvalue weighted by molar-refractivity contribution is 5.34. The smallest absolute Gasteiger partial charge is 0.239 e. The number of hydrogen-bond donors (Lipinski definition) is 0. The first-order chi connectivity index (χ1) is 11.2. The number of nitriles is 1. The molecule has 1 aliphatic rings. The zero-order chi connectivity index (χ0) is 16.0. The van der Waals surface area contributed by atoms with Crippen molar-refractivity contribution in [3.63, 3.8) is 0 Å². The van der Waals surface area contributed by atoms with E-state index in [0.717, 1.165) is 5.56 Å². The minimum atomic E-state index is -1.16. The number of rotatable bonds is 2. The van der Waals surface area contributed by atoms with Crippen LogP contribution >= 0.6 is 0 Å². The monoisotopic (exact) mass is 308 g/mol. The fraction of sp³-hybridized carbons (Fsp3) is 0.250. The average Bonchev–Trinajstić information content (AvgIpc) is 3.23. The SMILES string of the molecule is Cc1c(C#N)cnn1-c1nc2n(n1)C(c1ccccc1)CC2F.